The second kappa shape index (κ2) is 7.27. The zero-order valence-corrected chi connectivity index (χ0v) is 16.6. The van der Waals surface area contributed by atoms with Crippen LogP contribution >= 0.6 is 0 Å². The number of ketones is 1. The zero-order chi connectivity index (χ0) is 19.9. The summed E-state index contributed by atoms with van der Waals surface area (Å²) in [6.45, 7) is 7.63. The number of amides is 1. The van der Waals surface area contributed by atoms with Crippen molar-refractivity contribution in [3.8, 4) is 0 Å². The lowest BCUT2D eigenvalue weighted by Crippen LogP contribution is -2.45. The van der Waals surface area contributed by atoms with Crippen LogP contribution in [0.4, 0.5) is 0 Å². The molecule has 0 bridgehead atoms. The summed E-state index contributed by atoms with van der Waals surface area (Å²) < 4.78 is 0. The van der Waals surface area contributed by atoms with Crippen LogP contribution in [-0.4, -0.2) is 34.0 Å². The fraction of sp³-hybridized carbons (Fsp3) is 0.636. The molecule has 1 amide bonds. The number of allylic oxidation sites excluding steroid dienone is 5. The number of carbonyl (C=O) groups excluding carboxylic acids is 2. The molecule has 3 aliphatic rings. The van der Waals surface area contributed by atoms with E-state index in [1.165, 1.54) is 6.92 Å². The first kappa shape index (κ1) is 19.9. The van der Waals surface area contributed by atoms with Crippen molar-refractivity contribution in [1.29, 1.82) is 0 Å². The normalized spacial score (nSPS) is 42.2. The molecule has 3 N–H and O–H groups in total. The summed E-state index contributed by atoms with van der Waals surface area (Å²) in [6, 6.07) is -0.986. The first-order valence-corrected chi connectivity index (χ1v) is 9.99. The molecular formula is C22H31NO4. The van der Waals surface area contributed by atoms with E-state index in [1.807, 2.05) is 26.0 Å². The van der Waals surface area contributed by atoms with Gasteiger partial charge in [0.1, 0.15) is 17.4 Å². The zero-order valence-electron chi connectivity index (χ0n) is 16.6. The molecule has 5 nitrogen and oxygen atoms in total. The predicted molar refractivity (Wildman–Crippen MR) is 104 cm³/mol. The summed E-state index contributed by atoms with van der Waals surface area (Å²) in [4.78, 5) is 25.3. The average molecular weight is 373 g/mol. The van der Waals surface area contributed by atoms with Crippen molar-refractivity contribution in [1.82, 2.24) is 5.32 Å². The van der Waals surface area contributed by atoms with E-state index >= 15 is 0 Å². The second-order valence-electron chi connectivity index (χ2n) is 8.69. The van der Waals surface area contributed by atoms with Gasteiger partial charge in [-0.2, -0.15) is 0 Å². The molecule has 2 fully saturated rings. The van der Waals surface area contributed by atoms with Gasteiger partial charge in [0.2, 0.25) is 0 Å². The molecule has 2 aliphatic carbocycles. The molecule has 0 radical (unpaired) electrons. The summed E-state index contributed by atoms with van der Waals surface area (Å²) in [5.74, 6) is -0.179. The minimum absolute atomic E-state index is 0.0872. The highest BCUT2D eigenvalue weighted by molar-refractivity contribution is 6.27. The molecule has 2 unspecified atom stereocenters. The Hall–Kier alpha value is -1.88. The van der Waals surface area contributed by atoms with Crippen molar-refractivity contribution in [3.63, 3.8) is 0 Å². The third kappa shape index (κ3) is 3.16. The maximum Gasteiger partial charge on any atom is 0.259 e. The SMILES string of the molecule is C/C=C\[C@@H]1C=C[C@@H]2C[C@H](C)CC[C@H]2[C@]1(C)/C(O)=C1/C(=O)NC(C(C)O)C1=O. The Bertz CT molecular complexity index is 720. The molecule has 0 aromatic rings. The standard InChI is InChI=1S/C22H31NO4/c1-5-6-15-9-8-14-11-12(2)7-10-16(14)22(15,4)20(26)17-19(25)18(13(3)24)23-21(17)27/h5-6,8-9,12-16,18,24,26H,7,10-11H2,1-4H3,(H,23,27)/b6-5-,20-17-/t12-,13?,14-,15-,16-,18?,22-/m1/s1. The van der Waals surface area contributed by atoms with Crippen LogP contribution < -0.4 is 5.32 Å². The van der Waals surface area contributed by atoms with Crippen molar-refractivity contribution in [2.24, 2.45) is 29.1 Å². The topological polar surface area (TPSA) is 86.6 Å². The van der Waals surface area contributed by atoms with Gasteiger partial charge >= 0.3 is 0 Å². The number of aliphatic hydroxyl groups excluding tert-OH is 2. The van der Waals surface area contributed by atoms with Crippen molar-refractivity contribution in [2.45, 2.75) is 59.1 Å². The number of hydrogen-bond donors (Lipinski definition) is 3. The van der Waals surface area contributed by atoms with Crippen LogP contribution in [-0.2, 0) is 9.59 Å². The van der Waals surface area contributed by atoms with Crippen LogP contribution in [0.3, 0.4) is 0 Å². The molecule has 0 aromatic carbocycles. The third-order valence-corrected chi connectivity index (χ3v) is 6.86. The van der Waals surface area contributed by atoms with E-state index < -0.39 is 29.3 Å². The molecule has 0 spiro atoms. The highest BCUT2D eigenvalue weighted by Gasteiger charge is 2.53. The molecule has 1 saturated carbocycles. The van der Waals surface area contributed by atoms with Crippen LogP contribution in [0.2, 0.25) is 0 Å². The predicted octanol–water partition coefficient (Wildman–Crippen LogP) is 3.07. The molecule has 0 aromatic heterocycles. The maximum atomic E-state index is 12.8. The number of hydrogen-bond acceptors (Lipinski definition) is 4. The first-order valence-electron chi connectivity index (χ1n) is 9.99. The Morgan fingerprint density at radius 1 is 1.33 bits per heavy atom. The van der Waals surface area contributed by atoms with Gasteiger partial charge in [0.25, 0.3) is 5.91 Å². The molecule has 148 valence electrons. The summed E-state index contributed by atoms with van der Waals surface area (Å²) in [6.07, 6.45) is 10.4. The smallest absolute Gasteiger partial charge is 0.259 e. The first-order chi connectivity index (χ1) is 12.7. The molecular weight excluding hydrogens is 342 g/mol. The summed E-state index contributed by atoms with van der Waals surface area (Å²) >= 11 is 0. The van der Waals surface area contributed by atoms with Gasteiger partial charge in [0, 0.05) is 11.3 Å². The lowest BCUT2D eigenvalue weighted by molar-refractivity contribution is -0.118. The quantitative estimate of drug-likeness (QED) is 0.307. The molecule has 3 rings (SSSR count). The van der Waals surface area contributed by atoms with E-state index in [0.29, 0.717) is 11.8 Å². The average Bonchev–Trinajstić information content (AvgIpc) is 2.91. The van der Waals surface area contributed by atoms with Crippen molar-refractivity contribution < 1.29 is 19.8 Å². The lowest BCUT2D eigenvalue weighted by atomic mass is 9.54. The molecule has 1 aliphatic heterocycles. The van der Waals surface area contributed by atoms with Gasteiger partial charge in [0.15, 0.2) is 5.78 Å². The molecule has 7 atom stereocenters. The molecule has 5 heteroatoms. The summed E-state index contributed by atoms with van der Waals surface area (Å²) in [5.41, 5.74) is -0.896. The Balaban J connectivity index is 2.11. The van der Waals surface area contributed by atoms with Gasteiger partial charge in [-0.15, -0.1) is 0 Å². The van der Waals surface area contributed by atoms with Crippen LogP contribution in [0.1, 0.15) is 47.0 Å². The van der Waals surface area contributed by atoms with Crippen LogP contribution in [0, 0.1) is 29.1 Å². The van der Waals surface area contributed by atoms with Gasteiger partial charge in [-0.3, -0.25) is 9.59 Å². The number of fused-ring (bicyclic) bond motifs is 1. The van der Waals surface area contributed by atoms with Gasteiger partial charge in [-0.25, -0.2) is 0 Å². The van der Waals surface area contributed by atoms with E-state index in [0.717, 1.165) is 19.3 Å². The minimum atomic E-state index is -1.000. The maximum absolute atomic E-state index is 12.8. The number of Topliss-reactive ketones (excluding diaryl/α,β-unsaturated/α-hetero) is 1. The molecule has 1 saturated heterocycles. The van der Waals surface area contributed by atoms with Gasteiger partial charge in [0.05, 0.1) is 6.10 Å². The van der Waals surface area contributed by atoms with E-state index in [4.69, 9.17) is 0 Å². The van der Waals surface area contributed by atoms with Crippen LogP contribution in [0.25, 0.3) is 0 Å². The number of carbonyl (C=O) groups is 2. The Labute approximate surface area is 161 Å². The van der Waals surface area contributed by atoms with Crippen LogP contribution in [0.5, 0.6) is 0 Å². The van der Waals surface area contributed by atoms with Crippen molar-refractivity contribution in [3.05, 3.63) is 35.6 Å². The minimum Gasteiger partial charge on any atom is -0.511 e. The monoisotopic (exact) mass is 373 g/mol. The Kier molecular flexibility index (Phi) is 5.35. The van der Waals surface area contributed by atoms with Crippen molar-refractivity contribution in [2.75, 3.05) is 0 Å². The van der Waals surface area contributed by atoms with E-state index in [1.54, 1.807) is 0 Å². The van der Waals surface area contributed by atoms with Gasteiger partial charge in [-0.05, 0) is 44.4 Å². The molecule has 27 heavy (non-hydrogen) atoms. The van der Waals surface area contributed by atoms with Crippen LogP contribution in [0.15, 0.2) is 35.6 Å². The number of nitrogens with one attached hydrogen (secondary N) is 1. The van der Waals surface area contributed by atoms with E-state index in [2.05, 4.69) is 24.4 Å². The third-order valence-electron chi connectivity index (χ3n) is 6.86. The van der Waals surface area contributed by atoms with Crippen molar-refractivity contribution >= 4 is 11.7 Å². The van der Waals surface area contributed by atoms with Gasteiger partial charge in [-0.1, -0.05) is 44.6 Å². The fourth-order valence-electron chi connectivity index (χ4n) is 5.28. The lowest BCUT2D eigenvalue weighted by Gasteiger charge is -2.50. The Morgan fingerprint density at radius 2 is 2.04 bits per heavy atom. The van der Waals surface area contributed by atoms with E-state index in [9.17, 15) is 19.8 Å². The summed E-state index contributed by atoms with van der Waals surface area (Å²) in [5, 5.41) is 23.7. The second-order valence-corrected chi connectivity index (χ2v) is 8.69. The van der Waals surface area contributed by atoms with E-state index in [-0.39, 0.29) is 23.2 Å². The largest absolute Gasteiger partial charge is 0.511 e. The molecule has 1 heterocycles. The highest BCUT2D eigenvalue weighted by atomic mass is 16.3. The van der Waals surface area contributed by atoms with Gasteiger partial charge < -0.3 is 15.5 Å². The number of rotatable bonds is 3. The highest BCUT2D eigenvalue weighted by Crippen LogP contribution is 2.56. The fourth-order valence-corrected chi connectivity index (χ4v) is 5.28. The summed E-state index contributed by atoms with van der Waals surface area (Å²) in [7, 11) is 0. The Morgan fingerprint density at radius 3 is 2.63 bits per heavy atom. The number of aliphatic hydroxyl groups is 2.